The maximum Gasteiger partial charge on any atom is 0.263 e. The molecule has 0 spiro atoms. The number of nitrogens with zero attached hydrogens (tertiary/aromatic N) is 1. The molecule has 2 aromatic carbocycles. The molecule has 1 heterocycles. The lowest BCUT2D eigenvalue weighted by atomic mass is 10.1. The summed E-state index contributed by atoms with van der Waals surface area (Å²) in [5, 5.41) is 2.19. The summed E-state index contributed by atoms with van der Waals surface area (Å²) in [6.07, 6.45) is 3.00. The summed E-state index contributed by atoms with van der Waals surface area (Å²) in [5.74, 6) is 0.883. The quantitative estimate of drug-likeness (QED) is 0.861. The van der Waals surface area contributed by atoms with E-state index >= 15 is 0 Å². The molecule has 0 aromatic heterocycles. The van der Waals surface area contributed by atoms with Crippen molar-refractivity contribution < 1.29 is 9.53 Å². The standard InChI is InChI=1S/C18H21NO2/c1-14(18(20)19-12-5-2-6-13-19)21-17-11-7-9-15-8-3-4-10-16(15)17/h3-4,7-11,14H,2,5-6,12-13H2,1H3/t14-/m1/s1. The monoisotopic (exact) mass is 283 g/mol. The fraction of sp³-hybridized carbons (Fsp3) is 0.389. The van der Waals surface area contributed by atoms with Gasteiger partial charge in [0.1, 0.15) is 5.75 Å². The molecular formula is C18H21NO2. The van der Waals surface area contributed by atoms with E-state index in [2.05, 4.69) is 12.1 Å². The third-order valence-electron chi connectivity index (χ3n) is 4.07. The zero-order valence-electron chi connectivity index (χ0n) is 12.4. The first kappa shape index (κ1) is 13.9. The Morgan fingerprint density at radius 1 is 1.05 bits per heavy atom. The molecule has 0 radical (unpaired) electrons. The van der Waals surface area contributed by atoms with Gasteiger partial charge in [-0.05, 0) is 37.6 Å². The van der Waals surface area contributed by atoms with E-state index in [4.69, 9.17) is 4.74 Å². The van der Waals surface area contributed by atoms with Crippen LogP contribution < -0.4 is 4.74 Å². The second-order valence-electron chi connectivity index (χ2n) is 5.62. The van der Waals surface area contributed by atoms with Crippen LogP contribution in [0.5, 0.6) is 5.75 Å². The van der Waals surface area contributed by atoms with Gasteiger partial charge in [0.05, 0.1) is 0 Å². The first-order chi connectivity index (χ1) is 10.3. The van der Waals surface area contributed by atoms with Crippen LogP contribution in [-0.4, -0.2) is 30.0 Å². The predicted molar refractivity (Wildman–Crippen MR) is 84.5 cm³/mol. The minimum atomic E-state index is -0.436. The SMILES string of the molecule is C[C@@H](Oc1cccc2ccccc12)C(=O)N1CCCCC1. The lowest BCUT2D eigenvalue weighted by molar-refractivity contribution is -0.138. The van der Waals surface area contributed by atoms with Crippen molar-refractivity contribution in [2.75, 3.05) is 13.1 Å². The highest BCUT2D eigenvalue weighted by Gasteiger charge is 2.23. The molecule has 3 nitrogen and oxygen atoms in total. The van der Waals surface area contributed by atoms with Crippen molar-refractivity contribution in [3.8, 4) is 5.75 Å². The van der Waals surface area contributed by atoms with E-state index in [0.717, 1.165) is 42.5 Å². The Balaban J connectivity index is 1.76. The van der Waals surface area contributed by atoms with Gasteiger partial charge in [0.25, 0.3) is 5.91 Å². The number of hydrogen-bond acceptors (Lipinski definition) is 2. The Hall–Kier alpha value is -2.03. The van der Waals surface area contributed by atoms with Crippen molar-refractivity contribution in [3.63, 3.8) is 0 Å². The molecule has 1 aliphatic heterocycles. The Kier molecular flexibility index (Phi) is 4.09. The Labute approximate surface area is 125 Å². The molecule has 3 heteroatoms. The van der Waals surface area contributed by atoms with Crippen molar-refractivity contribution in [2.45, 2.75) is 32.3 Å². The third kappa shape index (κ3) is 3.02. The molecule has 1 atom stereocenters. The van der Waals surface area contributed by atoms with Gasteiger partial charge in [0, 0.05) is 18.5 Å². The van der Waals surface area contributed by atoms with Gasteiger partial charge in [-0.15, -0.1) is 0 Å². The molecule has 0 saturated carbocycles. The molecule has 1 saturated heterocycles. The number of rotatable bonds is 3. The normalized spacial score (nSPS) is 16.7. The van der Waals surface area contributed by atoms with Crippen LogP contribution in [0.15, 0.2) is 42.5 Å². The van der Waals surface area contributed by atoms with Crippen molar-refractivity contribution in [2.24, 2.45) is 0 Å². The molecule has 21 heavy (non-hydrogen) atoms. The first-order valence-corrected chi connectivity index (χ1v) is 7.69. The van der Waals surface area contributed by atoms with Crippen LogP contribution in [0, 0.1) is 0 Å². The fourth-order valence-electron chi connectivity index (χ4n) is 2.91. The van der Waals surface area contributed by atoms with Crippen molar-refractivity contribution >= 4 is 16.7 Å². The molecule has 0 unspecified atom stereocenters. The number of carbonyl (C=O) groups is 1. The molecule has 0 bridgehead atoms. The summed E-state index contributed by atoms with van der Waals surface area (Å²) in [5.41, 5.74) is 0. The Bertz CT molecular complexity index is 627. The molecule has 0 aliphatic carbocycles. The topological polar surface area (TPSA) is 29.5 Å². The third-order valence-corrected chi connectivity index (χ3v) is 4.07. The Morgan fingerprint density at radius 3 is 2.57 bits per heavy atom. The molecular weight excluding hydrogens is 262 g/mol. The number of fused-ring (bicyclic) bond motifs is 1. The van der Waals surface area contributed by atoms with Gasteiger partial charge in [-0.2, -0.15) is 0 Å². The van der Waals surface area contributed by atoms with Gasteiger partial charge in [0.2, 0.25) is 0 Å². The number of likely N-dealkylation sites (tertiary alicyclic amines) is 1. The average molecular weight is 283 g/mol. The number of hydrogen-bond donors (Lipinski definition) is 0. The highest BCUT2D eigenvalue weighted by atomic mass is 16.5. The summed E-state index contributed by atoms with van der Waals surface area (Å²) >= 11 is 0. The fourth-order valence-corrected chi connectivity index (χ4v) is 2.91. The van der Waals surface area contributed by atoms with E-state index in [9.17, 15) is 4.79 Å². The molecule has 1 amide bonds. The summed E-state index contributed by atoms with van der Waals surface area (Å²) in [6, 6.07) is 14.0. The molecule has 3 rings (SSSR count). The summed E-state index contributed by atoms with van der Waals surface area (Å²) < 4.78 is 5.95. The molecule has 1 fully saturated rings. The lowest BCUT2D eigenvalue weighted by Gasteiger charge is -2.29. The van der Waals surface area contributed by atoms with E-state index in [-0.39, 0.29) is 5.91 Å². The number of ether oxygens (including phenoxy) is 1. The van der Waals surface area contributed by atoms with Gasteiger partial charge in [0.15, 0.2) is 6.10 Å². The van der Waals surface area contributed by atoms with Gasteiger partial charge in [-0.25, -0.2) is 0 Å². The van der Waals surface area contributed by atoms with E-state index < -0.39 is 6.10 Å². The average Bonchev–Trinajstić information content (AvgIpc) is 2.55. The summed E-state index contributed by atoms with van der Waals surface area (Å²) in [7, 11) is 0. The van der Waals surface area contributed by atoms with Gasteiger partial charge >= 0.3 is 0 Å². The molecule has 110 valence electrons. The number of piperidine rings is 1. The second kappa shape index (κ2) is 6.17. The van der Waals surface area contributed by atoms with Crippen LogP contribution in [0.2, 0.25) is 0 Å². The Morgan fingerprint density at radius 2 is 1.76 bits per heavy atom. The van der Waals surface area contributed by atoms with Crippen molar-refractivity contribution in [3.05, 3.63) is 42.5 Å². The van der Waals surface area contributed by atoms with Crippen molar-refractivity contribution in [1.82, 2.24) is 4.90 Å². The molecule has 2 aromatic rings. The number of amides is 1. The van der Waals surface area contributed by atoms with Gasteiger partial charge in [-0.1, -0.05) is 36.4 Å². The maximum atomic E-state index is 12.4. The zero-order valence-corrected chi connectivity index (χ0v) is 12.4. The predicted octanol–water partition coefficient (Wildman–Crippen LogP) is 3.62. The van der Waals surface area contributed by atoms with Gasteiger partial charge < -0.3 is 9.64 Å². The van der Waals surface area contributed by atoms with Crippen LogP contribution in [0.4, 0.5) is 0 Å². The highest BCUT2D eigenvalue weighted by molar-refractivity contribution is 5.89. The van der Waals surface area contributed by atoms with Crippen LogP contribution in [-0.2, 0) is 4.79 Å². The van der Waals surface area contributed by atoms with E-state index in [1.165, 1.54) is 6.42 Å². The van der Waals surface area contributed by atoms with Gasteiger partial charge in [-0.3, -0.25) is 4.79 Å². The minimum absolute atomic E-state index is 0.0997. The minimum Gasteiger partial charge on any atom is -0.480 e. The lowest BCUT2D eigenvalue weighted by Crippen LogP contribution is -2.43. The van der Waals surface area contributed by atoms with Crippen LogP contribution in [0.3, 0.4) is 0 Å². The van der Waals surface area contributed by atoms with E-state index in [1.807, 2.05) is 42.2 Å². The zero-order chi connectivity index (χ0) is 14.7. The first-order valence-electron chi connectivity index (χ1n) is 7.69. The van der Waals surface area contributed by atoms with Crippen LogP contribution in [0.25, 0.3) is 10.8 Å². The largest absolute Gasteiger partial charge is 0.480 e. The van der Waals surface area contributed by atoms with E-state index in [0.29, 0.717) is 0 Å². The van der Waals surface area contributed by atoms with Crippen LogP contribution >= 0.6 is 0 Å². The smallest absolute Gasteiger partial charge is 0.263 e. The molecule has 0 N–H and O–H groups in total. The number of benzene rings is 2. The maximum absolute atomic E-state index is 12.4. The van der Waals surface area contributed by atoms with Crippen molar-refractivity contribution in [1.29, 1.82) is 0 Å². The molecule has 1 aliphatic rings. The summed E-state index contributed by atoms with van der Waals surface area (Å²) in [4.78, 5) is 14.4. The summed E-state index contributed by atoms with van der Waals surface area (Å²) in [6.45, 7) is 3.57. The highest BCUT2D eigenvalue weighted by Crippen LogP contribution is 2.26. The van der Waals surface area contributed by atoms with Crippen LogP contribution in [0.1, 0.15) is 26.2 Å². The number of carbonyl (C=O) groups excluding carboxylic acids is 1. The second-order valence-corrected chi connectivity index (χ2v) is 5.62. The van der Waals surface area contributed by atoms with E-state index in [1.54, 1.807) is 0 Å².